The van der Waals surface area contributed by atoms with Crippen molar-refractivity contribution in [3.63, 3.8) is 0 Å². The summed E-state index contributed by atoms with van der Waals surface area (Å²) in [6.45, 7) is 0. The van der Waals surface area contributed by atoms with Crippen molar-refractivity contribution in [1.82, 2.24) is 0 Å². The second kappa shape index (κ2) is 4.24. The zero-order valence-corrected chi connectivity index (χ0v) is 3.98. The molecule has 1 atom stereocenters. The first kappa shape index (κ1) is 11.2. The van der Waals surface area contributed by atoms with Gasteiger partial charge < -0.3 is 0 Å². The van der Waals surface area contributed by atoms with Crippen molar-refractivity contribution in [2.45, 2.75) is 0 Å². The van der Waals surface area contributed by atoms with Gasteiger partial charge in [-0.2, -0.15) is 0 Å². The minimum absolute atomic E-state index is 0. The van der Waals surface area contributed by atoms with Crippen molar-refractivity contribution >= 4 is 45.6 Å². The molecule has 0 rings (SSSR count). The predicted molar refractivity (Wildman–Crippen MR) is 26.5 cm³/mol. The molecule has 0 spiro atoms. The van der Waals surface area contributed by atoms with Gasteiger partial charge in [-0.1, -0.05) is 0 Å². The molecule has 42 valence electrons. The van der Waals surface area contributed by atoms with E-state index in [-0.39, 0.29) is 37.7 Å². The van der Waals surface area contributed by atoms with Gasteiger partial charge in [0.05, 0.1) is 0 Å². The summed E-state index contributed by atoms with van der Waals surface area (Å²) in [5.74, 6) is 0. The molecule has 0 saturated carbocycles. The molecule has 0 fully saturated rings. The average Bonchev–Trinajstić information content (AvgIpc) is 1.35. The summed E-state index contributed by atoms with van der Waals surface area (Å²) in [5.41, 5.74) is 0. The van der Waals surface area contributed by atoms with Crippen molar-refractivity contribution in [3.05, 3.63) is 0 Å². The summed E-state index contributed by atoms with van der Waals surface area (Å²) in [6.07, 6.45) is 0. The molecule has 1 N–H and O–H groups in total. The van der Waals surface area contributed by atoms with Gasteiger partial charge in [0.25, 0.3) is 0 Å². The summed E-state index contributed by atoms with van der Waals surface area (Å²) in [4.78, 5) is 7.49. The van der Waals surface area contributed by atoms with Crippen LogP contribution in [0.4, 0.5) is 4.20 Å². The van der Waals surface area contributed by atoms with Crippen LogP contribution in [0.25, 0.3) is 0 Å². The minimum atomic E-state index is -4.65. The fourth-order valence-electron chi connectivity index (χ4n) is 0. The second-order valence-electron chi connectivity index (χ2n) is 0.634. The SMILES string of the molecule is COP(=O)(O)F.[CaH2]. The Hall–Kier alpha value is 1.34. The molecule has 0 radical (unpaired) electrons. The van der Waals surface area contributed by atoms with Crippen LogP contribution in [-0.4, -0.2) is 49.7 Å². The molecule has 0 heterocycles. The molecule has 0 bridgehead atoms. The fraction of sp³-hybridized carbons (Fsp3) is 1.00. The van der Waals surface area contributed by atoms with E-state index in [0.717, 1.165) is 7.11 Å². The number of hydrogen-bond acceptors (Lipinski definition) is 2. The Labute approximate surface area is 70.5 Å². The molecular weight excluding hydrogens is 150 g/mol. The van der Waals surface area contributed by atoms with Crippen LogP contribution in [0.1, 0.15) is 0 Å². The molecule has 0 aromatic carbocycles. The zero-order chi connectivity index (χ0) is 5.21. The molecule has 6 heteroatoms. The molecule has 0 aliphatic heterocycles. The van der Waals surface area contributed by atoms with Crippen LogP contribution in [0.2, 0.25) is 0 Å². The maximum atomic E-state index is 11.0. The van der Waals surface area contributed by atoms with E-state index >= 15 is 0 Å². The number of rotatable bonds is 1. The van der Waals surface area contributed by atoms with Crippen LogP contribution in [0.3, 0.4) is 0 Å². The van der Waals surface area contributed by atoms with Gasteiger partial charge in [0, 0.05) is 7.11 Å². The molecule has 0 aromatic heterocycles. The molecular formula is CH6CaFO3P. The quantitative estimate of drug-likeness (QED) is 0.422. The summed E-state index contributed by atoms with van der Waals surface area (Å²) in [7, 11) is -3.83. The fourth-order valence-corrected chi connectivity index (χ4v) is 0. The van der Waals surface area contributed by atoms with Gasteiger partial charge in [-0.25, -0.2) is 4.57 Å². The topological polar surface area (TPSA) is 46.5 Å². The van der Waals surface area contributed by atoms with Crippen molar-refractivity contribution in [1.29, 1.82) is 0 Å². The van der Waals surface area contributed by atoms with Gasteiger partial charge in [0.1, 0.15) is 0 Å². The monoisotopic (exact) mass is 156 g/mol. The van der Waals surface area contributed by atoms with Gasteiger partial charge in [-0.3, -0.25) is 9.42 Å². The van der Waals surface area contributed by atoms with E-state index in [9.17, 15) is 8.76 Å². The molecule has 3 nitrogen and oxygen atoms in total. The van der Waals surface area contributed by atoms with E-state index in [1.54, 1.807) is 0 Å². The van der Waals surface area contributed by atoms with E-state index in [1.807, 2.05) is 0 Å². The van der Waals surface area contributed by atoms with Crippen LogP contribution < -0.4 is 0 Å². The molecule has 0 saturated heterocycles. The normalized spacial score (nSPS) is 17.0. The van der Waals surface area contributed by atoms with Crippen LogP contribution in [0, 0.1) is 0 Å². The summed E-state index contributed by atoms with van der Waals surface area (Å²) in [5, 5.41) is 0. The van der Waals surface area contributed by atoms with Gasteiger partial charge in [-0.05, 0) is 0 Å². The van der Waals surface area contributed by atoms with E-state index in [4.69, 9.17) is 4.89 Å². The predicted octanol–water partition coefficient (Wildman–Crippen LogP) is -0.214. The molecule has 7 heavy (non-hydrogen) atoms. The van der Waals surface area contributed by atoms with Crippen molar-refractivity contribution in [2.24, 2.45) is 0 Å². The Morgan fingerprint density at radius 1 is 1.86 bits per heavy atom. The summed E-state index contributed by atoms with van der Waals surface area (Å²) >= 11 is 0. The van der Waals surface area contributed by atoms with Crippen molar-refractivity contribution < 1.29 is 18.2 Å². The Bertz CT molecular complexity index is 79.0. The van der Waals surface area contributed by atoms with Crippen LogP contribution in [0.5, 0.6) is 0 Å². The van der Waals surface area contributed by atoms with Gasteiger partial charge in [-0.15, -0.1) is 4.20 Å². The van der Waals surface area contributed by atoms with E-state index in [0.29, 0.717) is 0 Å². The third-order valence-electron chi connectivity index (χ3n) is 0.225. The Balaban J connectivity index is 0. The average molecular weight is 156 g/mol. The van der Waals surface area contributed by atoms with Crippen molar-refractivity contribution in [2.75, 3.05) is 7.11 Å². The van der Waals surface area contributed by atoms with Gasteiger partial charge in [0.15, 0.2) is 0 Å². The van der Waals surface area contributed by atoms with Gasteiger partial charge >= 0.3 is 45.6 Å². The Morgan fingerprint density at radius 2 is 2.00 bits per heavy atom. The molecule has 0 aliphatic carbocycles. The van der Waals surface area contributed by atoms with Gasteiger partial charge in [0.2, 0.25) is 0 Å². The Morgan fingerprint density at radius 3 is 2.00 bits per heavy atom. The number of halogens is 1. The first-order chi connectivity index (χ1) is 2.56. The van der Waals surface area contributed by atoms with Crippen LogP contribution in [-0.2, 0) is 9.09 Å². The standard InChI is InChI=1S/CH4FO3P.Ca.2H/c1-5-6(2,3)4;;;/h1H3,(H,3,4);;;. The first-order valence-electron chi connectivity index (χ1n) is 1.14. The summed E-state index contributed by atoms with van der Waals surface area (Å²) < 4.78 is 23.6. The van der Waals surface area contributed by atoms with Crippen LogP contribution in [0.15, 0.2) is 0 Å². The maximum absolute atomic E-state index is 11.0. The molecule has 0 aliphatic rings. The Kier molecular flexibility index (Phi) is 6.77. The first-order valence-corrected chi connectivity index (χ1v) is 2.61. The third-order valence-corrected chi connectivity index (χ3v) is 0.676. The zero-order valence-electron chi connectivity index (χ0n) is 3.09. The number of hydrogen-bond donors (Lipinski definition) is 1. The summed E-state index contributed by atoms with van der Waals surface area (Å²) in [6, 6.07) is 0. The van der Waals surface area contributed by atoms with Crippen LogP contribution >= 0.6 is 7.91 Å². The second-order valence-corrected chi connectivity index (χ2v) is 1.90. The van der Waals surface area contributed by atoms with Crippen molar-refractivity contribution in [3.8, 4) is 0 Å². The van der Waals surface area contributed by atoms with E-state index in [2.05, 4.69) is 4.52 Å². The third kappa shape index (κ3) is 11.1. The van der Waals surface area contributed by atoms with E-state index in [1.165, 1.54) is 0 Å². The molecule has 0 aromatic rings. The molecule has 0 amide bonds. The molecule has 1 unspecified atom stereocenters. The van der Waals surface area contributed by atoms with E-state index < -0.39 is 7.91 Å².